The molecule has 3 aromatic rings. The van der Waals surface area contributed by atoms with Gasteiger partial charge in [0.1, 0.15) is 24.1 Å². The van der Waals surface area contributed by atoms with Crippen molar-refractivity contribution in [1.82, 2.24) is 4.58 Å². The number of aromatic hydroxyl groups is 1. The Hall–Kier alpha value is -3.47. The van der Waals surface area contributed by atoms with Crippen LogP contribution in [0.3, 0.4) is 0 Å². The summed E-state index contributed by atoms with van der Waals surface area (Å²) in [5, 5.41) is 11.9. The Balaban J connectivity index is 0.00000180. The largest absolute Gasteiger partial charge is 0.508 e. The molecule has 1 N–H and O–H groups in total. The minimum Gasteiger partial charge on any atom is -0.508 e. The molecule has 0 spiro atoms. The van der Waals surface area contributed by atoms with Gasteiger partial charge in [-0.3, -0.25) is 0 Å². The van der Waals surface area contributed by atoms with Crippen LogP contribution in [0.1, 0.15) is 56.7 Å². The van der Waals surface area contributed by atoms with Crippen molar-refractivity contribution < 1.29 is 9.52 Å². The maximum Gasteiger partial charge on any atom is 0.209 e. The molecule has 0 fully saturated rings. The van der Waals surface area contributed by atoms with Crippen LogP contribution >= 0.6 is 23.2 Å². The second kappa shape index (κ2) is 12.3. The quantitative estimate of drug-likeness (QED) is 0.124. The van der Waals surface area contributed by atoms with Crippen LogP contribution in [-0.4, -0.2) is 30.6 Å². The summed E-state index contributed by atoms with van der Waals surface area (Å²) in [5.74, 6) is 2.02. The summed E-state index contributed by atoms with van der Waals surface area (Å²) in [6, 6.07) is 24.9. The molecule has 0 radical (unpaired) electrons. The predicted molar refractivity (Wildman–Crippen MR) is 183 cm³/mol. The van der Waals surface area contributed by atoms with E-state index in [4.69, 9.17) is 16.0 Å². The number of rotatable bonds is 4. The van der Waals surface area contributed by atoms with Crippen molar-refractivity contribution in [3.05, 3.63) is 94.8 Å². The summed E-state index contributed by atoms with van der Waals surface area (Å²) < 4.78 is 8.89. The zero-order chi connectivity index (χ0) is 31.1. The lowest BCUT2D eigenvalue weighted by Crippen LogP contribution is -2.48. The van der Waals surface area contributed by atoms with E-state index in [2.05, 4.69) is 104 Å². The highest BCUT2D eigenvalue weighted by atomic mass is 35.5. The van der Waals surface area contributed by atoms with Gasteiger partial charge in [0.05, 0.1) is 6.07 Å². The van der Waals surface area contributed by atoms with Crippen molar-refractivity contribution in [1.29, 1.82) is 0 Å². The highest BCUT2D eigenvalue weighted by molar-refractivity contribution is 6.17. The Bertz CT molecular complexity index is 1820. The molecule has 0 saturated carbocycles. The molecule has 0 aromatic heterocycles. The number of hydrogen-bond acceptors (Lipinski definition) is 3. The van der Waals surface area contributed by atoms with E-state index < -0.39 is 0 Å². The van der Waals surface area contributed by atoms with Gasteiger partial charge in [-0.05, 0) is 86.6 Å². The minimum atomic E-state index is 0.0719. The van der Waals surface area contributed by atoms with Crippen molar-refractivity contribution in [2.75, 3.05) is 24.9 Å². The van der Waals surface area contributed by atoms with Gasteiger partial charge < -0.3 is 14.4 Å². The van der Waals surface area contributed by atoms with E-state index in [-0.39, 0.29) is 11.3 Å². The lowest BCUT2D eigenvalue weighted by molar-refractivity contribution is 0.381. The first-order valence-electron chi connectivity index (χ1n) is 14.8. The number of fused-ring (bicyclic) bond motifs is 3. The number of hydrogen-bond donors (Lipinski definition) is 1. The summed E-state index contributed by atoms with van der Waals surface area (Å²) in [6.45, 7) is 12.4. The third kappa shape index (κ3) is 5.63. The molecule has 224 valence electrons. The first-order chi connectivity index (χ1) is 20.6. The molecule has 6 rings (SSSR count). The number of anilines is 1. The Morgan fingerprint density at radius 2 is 1.67 bits per heavy atom. The van der Waals surface area contributed by atoms with E-state index in [0.717, 1.165) is 51.9 Å². The molecule has 43 heavy (non-hydrogen) atoms. The minimum absolute atomic E-state index is 0.0719. The van der Waals surface area contributed by atoms with E-state index in [0.29, 0.717) is 11.8 Å². The molecule has 3 aromatic carbocycles. The van der Waals surface area contributed by atoms with Gasteiger partial charge in [-0.25, -0.2) is 0 Å². The van der Waals surface area contributed by atoms with Gasteiger partial charge in [-0.15, -0.1) is 23.2 Å². The van der Waals surface area contributed by atoms with Crippen LogP contribution < -0.4 is 14.8 Å². The molecule has 3 aliphatic rings. The summed E-state index contributed by atoms with van der Waals surface area (Å²) in [6.07, 6.45) is 2.58. The lowest BCUT2D eigenvalue weighted by Gasteiger charge is -2.47. The van der Waals surface area contributed by atoms with Crippen molar-refractivity contribution in [2.24, 2.45) is 0 Å². The average Bonchev–Trinajstić information content (AvgIpc) is 3.00. The molecule has 1 aliphatic carbocycles. The topological polar surface area (TPSA) is 39.6 Å². The fraction of sp³-hybridized carbons (Fsp3) is 0.324. The van der Waals surface area contributed by atoms with Gasteiger partial charge in [0.25, 0.3) is 0 Å². The Morgan fingerprint density at radius 3 is 2.33 bits per heavy atom. The van der Waals surface area contributed by atoms with Gasteiger partial charge in [-0.1, -0.05) is 25.1 Å². The molecule has 1 atom stereocenters. The first-order valence-corrected chi connectivity index (χ1v) is 16.1. The number of alkyl halides is 2. The van der Waals surface area contributed by atoms with Crippen LogP contribution in [0.25, 0.3) is 33.4 Å². The fourth-order valence-corrected chi connectivity index (χ4v) is 7.03. The Morgan fingerprint density at radius 1 is 0.977 bits per heavy atom. The molecule has 6 heteroatoms. The number of phenolic OH excluding ortho intramolecular Hbond substituents is 1. The van der Waals surface area contributed by atoms with Gasteiger partial charge in [0.15, 0.2) is 0 Å². The highest BCUT2D eigenvalue weighted by Crippen LogP contribution is 2.48. The number of benzene rings is 4. The van der Waals surface area contributed by atoms with Crippen molar-refractivity contribution in [2.45, 2.75) is 58.4 Å². The number of phenols is 1. The van der Waals surface area contributed by atoms with Crippen molar-refractivity contribution in [3.8, 4) is 28.2 Å². The zero-order valence-corrected chi connectivity index (χ0v) is 27.6. The van der Waals surface area contributed by atoms with Crippen LogP contribution in [0.2, 0.25) is 0 Å². The van der Waals surface area contributed by atoms with E-state index in [1.165, 1.54) is 34.3 Å². The molecule has 0 saturated heterocycles. The third-order valence-corrected chi connectivity index (χ3v) is 9.17. The number of halogens is 2. The van der Waals surface area contributed by atoms with Gasteiger partial charge in [-0.2, -0.15) is 4.58 Å². The lowest BCUT2D eigenvalue weighted by atomic mass is 9.79. The maximum absolute atomic E-state index is 9.77. The summed E-state index contributed by atoms with van der Waals surface area (Å²) in [7, 11) is 2.03. The molecule has 2 heterocycles. The molecule has 2 aliphatic heterocycles. The van der Waals surface area contributed by atoms with E-state index in [9.17, 15) is 5.11 Å². The van der Waals surface area contributed by atoms with Gasteiger partial charge in [0.2, 0.25) is 11.0 Å². The Kier molecular flexibility index (Phi) is 8.83. The zero-order valence-electron chi connectivity index (χ0n) is 26.1. The summed E-state index contributed by atoms with van der Waals surface area (Å²) in [4.78, 5) is 2.52. The third-order valence-electron chi connectivity index (χ3n) is 8.87. The molecule has 4 nitrogen and oxygen atoms in total. The van der Waals surface area contributed by atoms with E-state index >= 15 is 0 Å². The smallest absolute Gasteiger partial charge is 0.209 e. The Labute approximate surface area is 265 Å². The highest BCUT2D eigenvalue weighted by Gasteiger charge is 2.36. The normalized spacial score (nSPS) is 16.5. The number of aryl methyl sites for hydroxylation is 1. The average molecular weight is 617 g/mol. The molecular formula is C37H41Cl2N2O2+. The van der Waals surface area contributed by atoms with Gasteiger partial charge >= 0.3 is 0 Å². The molecular weight excluding hydrogens is 575 g/mol. The van der Waals surface area contributed by atoms with E-state index in [1.54, 1.807) is 12.1 Å². The van der Waals surface area contributed by atoms with Gasteiger partial charge in [0, 0.05) is 70.8 Å². The van der Waals surface area contributed by atoms with E-state index in [1.807, 2.05) is 19.2 Å². The van der Waals surface area contributed by atoms with Crippen molar-refractivity contribution in [3.63, 3.8) is 0 Å². The van der Waals surface area contributed by atoms with Crippen molar-refractivity contribution >= 4 is 45.5 Å². The van der Waals surface area contributed by atoms with Crippen LogP contribution in [0.15, 0.2) is 77.2 Å². The standard InChI is InChI=1S/C36H37ClN2O2.CH3Cl/c1-7-39-32-19-34-31(18-30(32)23(3)20-36(39,4)5)35(28-14-8-24(21-37)16-22(28)2)29-15-11-26(17-33(29)41-34)38(6)25-9-12-27(40)13-10-25;1-2/h8-19,23H,7,20-21H2,1-6H3;1H3/p+1. The monoisotopic (exact) mass is 615 g/mol. The maximum atomic E-state index is 9.77. The molecule has 0 amide bonds. The predicted octanol–water partition coefficient (Wildman–Crippen LogP) is 9.66. The van der Waals surface area contributed by atoms with Crippen LogP contribution in [0.4, 0.5) is 11.4 Å². The second-order valence-electron chi connectivity index (χ2n) is 12.1. The number of nitrogens with zero attached hydrogens (tertiary/aromatic N) is 2. The summed E-state index contributed by atoms with van der Waals surface area (Å²) in [5.41, 5.74) is 10.4. The second-order valence-corrected chi connectivity index (χ2v) is 12.4. The molecule has 1 unspecified atom stereocenters. The first kappa shape index (κ1) is 31.0. The van der Waals surface area contributed by atoms with Crippen LogP contribution in [0.5, 0.6) is 5.75 Å². The fourth-order valence-electron chi connectivity index (χ4n) is 6.87. The van der Waals surface area contributed by atoms with Crippen LogP contribution in [0, 0.1) is 6.92 Å². The SMILES string of the molecule is CCN1c2cc3oc4cc(=[N+](C)c5ccc(O)cc5)ccc-4c(-c4ccc(CCl)cc4C)c3cc2C(C)CC1(C)C.CCl. The molecule has 0 bridgehead atoms. The van der Waals surface area contributed by atoms with Crippen LogP contribution in [-0.2, 0) is 5.88 Å². The summed E-state index contributed by atoms with van der Waals surface area (Å²) >= 11 is 10.8.